The van der Waals surface area contributed by atoms with E-state index in [2.05, 4.69) is 29.5 Å². The normalized spacial score (nSPS) is 22.1. The van der Waals surface area contributed by atoms with E-state index in [1.165, 1.54) is 19.3 Å². The van der Waals surface area contributed by atoms with Gasteiger partial charge in [0.25, 0.3) is 0 Å². The second kappa shape index (κ2) is 4.69. The SMILES string of the molecule is COc1cccc2c1nc(N)n2C1CCCC(C)(C)C1. The molecule has 0 amide bonds. The lowest BCUT2D eigenvalue weighted by atomic mass is 9.75. The van der Waals surface area contributed by atoms with Gasteiger partial charge in [0.05, 0.1) is 12.6 Å². The molecule has 0 aliphatic heterocycles. The van der Waals surface area contributed by atoms with E-state index < -0.39 is 0 Å². The number of anilines is 1. The molecular weight excluding hydrogens is 250 g/mol. The molecular formula is C16H23N3O. The highest BCUT2D eigenvalue weighted by molar-refractivity contribution is 5.84. The van der Waals surface area contributed by atoms with Crippen molar-refractivity contribution in [1.29, 1.82) is 0 Å². The maximum Gasteiger partial charge on any atom is 0.201 e. The Morgan fingerprint density at radius 3 is 2.90 bits per heavy atom. The van der Waals surface area contributed by atoms with Crippen molar-refractivity contribution in [2.24, 2.45) is 5.41 Å². The number of fused-ring (bicyclic) bond motifs is 1. The van der Waals surface area contributed by atoms with Crippen molar-refractivity contribution in [2.45, 2.75) is 45.6 Å². The summed E-state index contributed by atoms with van der Waals surface area (Å²) in [6, 6.07) is 6.47. The summed E-state index contributed by atoms with van der Waals surface area (Å²) >= 11 is 0. The van der Waals surface area contributed by atoms with E-state index in [4.69, 9.17) is 10.5 Å². The van der Waals surface area contributed by atoms with Gasteiger partial charge < -0.3 is 15.0 Å². The molecule has 2 N–H and O–H groups in total. The highest BCUT2D eigenvalue weighted by atomic mass is 16.5. The minimum absolute atomic E-state index is 0.380. The molecule has 0 bridgehead atoms. The van der Waals surface area contributed by atoms with Crippen molar-refractivity contribution in [3.05, 3.63) is 18.2 Å². The van der Waals surface area contributed by atoms with E-state index in [9.17, 15) is 0 Å². The number of para-hydroxylation sites is 1. The van der Waals surface area contributed by atoms with Crippen molar-refractivity contribution in [3.63, 3.8) is 0 Å². The molecule has 1 aromatic carbocycles. The number of benzene rings is 1. The maximum absolute atomic E-state index is 6.19. The first-order valence-electron chi connectivity index (χ1n) is 7.32. The summed E-state index contributed by atoms with van der Waals surface area (Å²) in [7, 11) is 1.67. The topological polar surface area (TPSA) is 53.1 Å². The van der Waals surface area contributed by atoms with Gasteiger partial charge in [-0.05, 0) is 36.8 Å². The van der Waals surface area contributed by atoms with E-state index in [1.54, 1.807) is 7.11 Å². The lowest BCUT2D eigenvalue weighted by Gasteiger charge is -2.36. The van der Waals surface area contributed by atoms with Gasteiger partial charge in [0.15, 0.2) is 0 Å². The second-order valence-electron chi connectivity index (χ2n) is 6.58. The van der Waals surface area contributed by atoms with Crippen molar-refractivity contribution in [3.8, 4) is 5.75 Å². The third-order valence-electron chi connectivity index (χ3n) is 4.47. The summed E-state index contributed by atoms with van der Waals surface area (Å²) in [4.78, 5) is 4.52. The van der Waals surface area contributed by atoms with Gasteiger partial charge in [-0.1, -0.05) is 26.3 Å². The first-order chi connectivity index (χ1) is 9.52. The Labute approximate surface area is 119 Å². The summed E-state index contributed by atoms with van der Waals surface area (Å²) in [5.41, 5.74) is 8.53. The molecule has 2 aromatic rings. The molecule has 1 atom stereocenters. The van der Waals surface area contributed by atoms with Crippen LogP contribution >= 0.6 is 0 Å². The fourth-order valence-electron chi connectivity index (χ4n) is 3.54. The molecule has 1 fully saturated rings. The average Bonchev–Trinajstić information content (AvgIpc) is 2.73. The molecule has 0 saturated heterocycles. The van der Waals surface area contributed by atoms with Gasteiger partial charge in [0.1, 0.15) is 11.3 Å². The molecule has 1 aromatic heterocycles. The summed E-state index contributed by atoms with van der Waals surface area (Å²) < 4.78 is 7.60. The van der Waals surface area contributed by atoms with Crippen molar-refractivity contribution in [2.75, 3.05) is 12.8 Å². The lowest BCUT2D eigenvalue weighted by Crippen LogP contribution is -2.25. The van der Waals surface area contributed by atoms with Gasteiger partial charge in [-0.15, -0.1) is 0 Å². The highest BCUT2D eigenvalue weighted by Gasteiger charge is 2.31. The predicted molar refractivity (Wildman–Crippen MR) is 82.0 cm³/mol. The Morgan fingerprint density at radius 1 is 1.40 bits per heavy atom. The van der Waals surface area contributed by atoms with Crippen molar-refractivity contribution in [1.82, 2.24) is 9.55 Å². The lowest BCUT2D eigenvalue weighted by molar-refractivity contribution is 0.187. The van der Waals surface area contributed by atoms with Crippen LogP contribution in [0.2, 0.25) is 0 Å². The number of hydrogen-bond donors (Lipinski definition) is 1. The Kier molecular flexibility index (Phi) is 3.11. The van der Waals surface area contributed by atoms with Crippen molar-refractivity contribution < 1.29 is 4.74 Å². The second-order valence-corrected chi connectivity index (χ2v) is 6.58. The molecule has 4 heteroatoms. The molecule has 108 valence electrons. The number of aromatic nitrogens is 2. The van der Waals surface area contributed by atoms with Gasteiger partial charge in [0.2, 0.25) is 5.95 Å². The van der Waals surface area contributed by atoms with Crippen LogP contribution in [-0.2, 0) is 0 Å². The van der Waals surface area contributed by atoms with Crippen LogP contribution in [0.25, 0.3) is 11.0 Å². The zero-order valence-corrected chi connectivity index (χ0v) is 12.5. The zero-order chi connectivity index (χ0) is 14.3. The fourth-order valence-corrected chi connectivity index (χ4v) is 3.54. The molecule has 1 unspecified atom stereocenters. The van der Waals surface area contributed by atoms with Crippen LogP contribution in [0.15, 0.2) is 18.2 Å². The number of hydrogen-bond acceptors (Lipinski definition) is 3. The number of rotatable bonds is 2. The Hall–Kier alpha value is -1.71. The van der Waals surface area contributed by atoms with Gasteiger partial charge in [-0.2, -0.15) is 0 Å². The van der Waals surface area contributed by atoms with Crippen LogP contribution in [-0.4, -0.2) is 16.7 Å². The highest BCUT2D eigenvalue weighted by Crippen LogP contribution is 2.43. The van der Waals surface area contributed by atoms with E-state index in [0.29, 0.717) is 17.4 Å². The average molecular weight is 273 g/mol. The molecule has 0 spiro atoms. The van der Waals surface area contributed by atoms with Crippen LogP contribution in [0, 0.1) is 5.41 Å². The number of ether oxygens (including phenoxy) is 1. The van der Waals surface area contributed by atoms with Gasteiger partial charge in [-0.3, -0.25) is 0 Å². The maximum atomic E-state index is 6.19. The van der Waals surface area contributed by atoms with Gasteiger partial charge >= 0.3 is 0 Å². The van der Waals surface area contributed by atoms with E-state index >= 15 is 0 Å². The molecule has 1 aliphatic carbocycles. The number of nitrogens with two attached hydrogens (primary N) is 1. The molecule has 1 aliphatic rings. The molecule has 0 radical (unpaired) electrons. The quantitative estimate of drug-likeness (QED) is 0.906. The van der Waals surface area contributed by atoms with Crippen LogP contribution in [0.3, 0.4) is 0 Å². The monoisotopic (exact) mass is 273 g/mol. The van der Waals surface area contributed by atoms with E-state index in [0.717, 1.165) is 23.2 Å². The summed E-state index contributed by atoms with van der Waals surface area (Å²) in [6.07, 6.45) is 4.87. The van der Waals surface area contributed by atoms with Crippen LogP contribution in [0.5, 0.6) is 5.75 Å². The fraction of sp³-hybridized carbons (Fsp3) is 0.562. The third-order valence-corrected chi connectivity index (χ3v) is 4.47. The van der Waals surface area contributed by atoms with Crippen molar-refractivity contribution >= 4 is 17.0 Å². The minimum atomic E-state index is 0.380. The summed E-state index contributed by atoms with van der Waals surface area (Å²) in [6.45, 7) is 4.68. The zero-order valence-electron chi connectivity index (χ0n) is 12.5. The number of methoxy groups -OCH3 is 1. The first-order valence-corrected chi connectivity index (χ1v) is 7.32. The number of imidazole rings is 1. The third kappa shape index (κ3) is 2.13. The largest absolute Gasteiger partial charge is 0.494 e. The molecule has 4 nitrogen and oxygen atoms in total. The molecule has 20 heavy (non-hydrogen) atoms. The summed E-state index contributed by atoms with van der Waals surface area (Å²) in [5.74, 6) is 1.40. The van der Waals surface area contributed by atoms with Gasteiger partial charge in [0, 0.05) is 6.04 Å². The summed E-state index contributed by atoms with van der Waals surface area (Å²) in [5, 5.41) is 0. The van der Waals surface area contributed by atoms with Crippen LogP contribution in [0.4, 0.5) is 5.95 Å². The Morgan fingerprint density at radius 2 is 2.20 bits per heavy atom. The Bertz CT molecular complexity index is 630. The molecule has 3 rings (SSSR count). The Balaban J connectivity index is 2.09. The predicted octanol–water partition coefficient (Wildman–Crippen LogP) is 3.77. The minimum Gasteiger partial charge on any atom is -0.494 e. The van der Waals surface area contributed by atoms with E-state index in [-0.39, 0.29) is 0 Å². The number of nitrogen functional groups attached to an aromatic ring is 1. The smallest absolute Gasteiger partial charge is 0.201 e. The van der Waals surface area contributed by atoms with Crippen LogP contribution in [0.1, 0.15) is 45.6 Å². The first kappa shape index (κ1) is 13.3. The van der Waals surface area contributed by atoms with E-state index in [1.807, 2.05) is 12.1 Å². The molecule has 1 saturated carbocycles. The molecule has 1 heterocycles. The van der Waals surface area contributed by atoms with Gasteiger partial charge in [-0.25, -0.2) is 4.98 Å². The standard InChI is InChI=1S/C16H23N3O/c1-16(2)9-5-6-11(10-16)19-12-7-4-8-13(20-3)14(12)18-15(19)17/h4,7-8,11H,5-6,9-10H2,1-3H3,(H2,17,18). The number of nitrogens with zero attached hydrogens (tertiary/aromatic N) is 2. The van der Waals surface area contributed by atoms with Crippen LogP contribution < -0.4 is 10.5 Å².